The fourth-order valence-corrected chi connectivity index (χ4v) is 3.11. The zero-order valence-electron chi connectivity index (χ0n) is 11.5. The lowest BCUT2D eigenvalue weighted by molar-refractivity contribution is 0.414. The van der Waals surface area contributed by atoms with Crippen molar-refractivity contribution < 1.29 is 9.13 Å². The highest BCUT2D eigenvalue weighted by Gasteiger charge is 2.18. The number of thioether (sulfide) groups is 1. The number of nitrogens with two attached hydrogens (primary N) is 1. The summed E-state index contributed by atoms with van der Waals surface area (Å²) in [7, 11) is 1.64. The molecule has 0 spiro atoms. The summed E-state index contributed by atoms with van der Waals surface area (Å²) in [5, 5.41) is 0.0481. The molecule has 0 saturated heterocycles. The van der Waals surface area contributed by atoms with Gasteiger partial charge >= 0.3 is 0 Å². The molecular formula is C16H18FNOS. The van der Waals surface area contributed by atoms with E-state index in [0.29, 0.717) is 0 Å². The second kappa shape index (κ2) is 6.77. The van der Waals surface area contributed by atoms with Crippen molar-refractivity contribution in [3.05, 3.63) is 59.9 Å². The molecule has 0 aromatic heterocycles. The summed E-state index contributed by atoms with van der Waals surface area (Å²) in [6.45, 7) is 1.95. The summed E-state index contributed by atoms with van der Waals surface area (Å²) >= 11 is 1.56. The number of ether oxygens (including phenoxy) is 1. The van der Waals surface area contributed by atoms with Crippen LogP contribution in [0.15, 0.2) is 53.4 Å². The van der Waals surface area contributed by atoms with Gasteiger partial charge in [0.2, 0.25) is 0 Å². The molecule has 0 radical (unpaired) electrons. The van der Waals surface area contributed by atoms with E-state index in [4.69, 9.17) is 10.5 Å². The average Bonchev–Trinajstić information content (AvgIpc) is 2.44. The minimum atomic E-state index is -0.232. The Morgan fingerprint density at radius 1 is 1.15 bits per heavy atom. The first-order chi connectivity index (χ1) is 9.60. The Kier molecular flexibility index (Phi) is 5.04. The van der Waals surface area contributed by atoms with E-state index < -0.39 is 0 Å². The van der Waals surface area contributed by atoms with Crippen LogP contribution in [0, 0.1) is 5.82 Å². The predicted octanol–water partition coefficient (Wildman–Crippen LogP) is 4.01. The van der Waals surface area contributed by atoms with Crippen molar-refractivity contribution in [2.45, 2.75) is 23.1 Å². The van der Waals surface area contributed by atoms with Crippen molar-refractivity contribution in [2.24, 2.45) is 5.73 Å². The monoisotopic (exact) mass is 291 g/mol. The molecule has 4 heteroatoms. The standard InChI is InChI=1S/C16H18FNOS/c1-11(18)16(12-5-3-7-14(9-12)19-2)20-15-8-4-6-13(17)10-15/h3-11,16H,18H2,1-2H3. The largest absolute Gasteiger partial charge is 0.497 e. The van der Waals surface area contributed by atoms with Gasteiger partial charge in [0.05, 0.1) is 7.11 Å². The highest BCUT2D eigenvalue weighted by Crippen LogP contribution is 2.38. The predicted molar refractivity (Wildman–Crippen MR) is 81.6 cm³/mol. The van der Waals surface area contributed by atoms with Crippen LogP contribution in [0.4, 0.5) is 4.39 Å². The molecule has 0 aliphatic carbocycles. The Morgan fingerprint density at radius 2 is 1.90 bits per heavy atom. The lowest BCUT2D eigenvalue weighted by Crippen LogP contribution is -2.22. The van der Waals surface area contributed by atoms with E-state index in [9.17, 15) is 4.39 Å². The molecule has 0 aliphatic heterocycles. The summed E-state index contributed by atoms with van der Waals surface area (Å²) < 4.78 is 18.5. The third-order valence-corrected chi connectivity index (χ3v) is 4.44. The second-order valence-electron chi connectivity index (χ2n) is 4.63. The van der Waals surface area contributed by atoms with Crippen LogP contribution in [0.25, 0.3) is 0 Å². The fourth-order valence-electron chi connectivity index (χ4n) is 1.98. The Hall–Kier alpha value is -1.52. The smallest absolute Gasteiger partial charge is 0.124 e. The van der Waals surface area contributed by atoms with E-state index in [2.05, 4.69) is 0 Å². The minimum Gasteiger partial charge on any atom is -0.497 e. The highest BCUT2D eigenvalue weighted by molar-refractivity contribution is 7.99. The van der Waals surface area contributed by atoms with Gasteiger partial charge in [-0.15, -0.1) is 11.8 Å². The van der Waals surface area contributed by atoms with Crippen molar-refractivity contribution in [1.29, 1.82) is 0 Å². The molecule has 2 rings (SSSR count). The minimum absolute atomic E-state index is 0.0481. The Bertz CT molecular complexity index is 574. The zero-order valence-corrected chi connectivity index (χ0v) is 12.4. The van der Waals surface area contributed by atoms with Gasteiger partial charge in [0, 0.05) is 16.2 Å². The summed E-state index contributed by atoms with van der Waals surface area (Å²) in [5.41, 5.74) is 7.17. The topological polar surface area (TPSA) is 35.2 Å². The van der Waals surface area contributed by atoms with Crippen LogP contribution in [-0.4, -0.2) is 13.2 Å². The van der Waals surface area contributed by atoms with Gasteiger partial charge in [0.25, 0.3) is 0 Å². The second-order valence-corrected chi connectivity index (χ2v) is 5.85. The van der Waals surface area contributed by atoms with Crippen molar-refractivity contribution >= 4 is 11.8 Å². The van der Waals surface area contributed by atoms with Gasteiger partial charge in [-0.05, 0) is 42.8 Å². The average molecular weight is 291 g/mol. The number of halogens is 1. The van der Waals surface area contributed by atoms with Crippen LogP contribution in [0.2, 0.25) is 0 Å². The van der Waals surface area contributed by atoms with Gasteiger partial charge in [0.15, 0.2) is 0 Å². The molecule has 0 bridgehead atoms. The molecule has 20 heavy (non-hydrogen) atoms. The van der Waals surface area contributed by atoms with E-state index in [1.54, 1.807) is 24.9 Å². The molecule has 0 heterocycles. The van der Waals surface area contributed by atoms with Crippen LogP contribution in [0.5, 0.6) is 5.75 Å². The van der Waals surface area contributed by atoms with E-state index in [0.717, 1.165) is 16.2 Å². The molecule has 2 unspecified atom stereocenters. The van der Waals surface area contributed by atoms with Gasteiger partial charge in [-0.2, -0.15) is 0 Å². The van der Waals surface area contributed by atoms with Crippen LogP contribution in [0.1, 0.15) is 17.7 Å². The summed E-state index contributed by atoms with van der Waals surface area (Å²) in [6, 6.07) is 14.3. The van der Waals surface area contributed by atoms with E-state index >= 15 is 0 Å². The molecule has 2 aromatic carbocycles. The van der Waals surface area contributed by atoms with Crippen LogP contribution < -0.4 is 10.5 Å². The third kappa shape index (κ3) is 3.74. The highest BCUT2D eigenvalue weighted by atomic mass is 32.2. The normalized spacial score (nSPS) is 13.8. The maximum absolute atomic E-state index is 13.3. The quantitative estimate of drug-likeness (QED) is 0.845. The summed E-state index contributed by atoms with van der Waals surface area (Å²) in [4.78, 5) is 0.870. The Morgan fingerprint density at radius 3 is 2.55 bits per heavy atom. The maximum atomic E-state index is 13.3. The molecule has 2 N–H and O–H groups in total. The third-order valence-electron chi connectivity index (χ3n) is 2.96. The lowest BCUT2D eigenvalue weighted by Gasteiger charge is -2.21. The SMILES string of the molecule is COc1cccc(C(Sc2cccc(F)c2)C(C)N)c1. The molecule has 0 saturated carbocycles. The van der Waals surface area contributed by atoms with Gasteiger partial charge in [-0.1, -0.05) is 18.2 Å². The van der Waals surface area contributed by atoms with Gasteiger partial charge < -0.3 is 10.5 Å². The van der Waals surface area contributed by atoms with Gasteiger partial charge in [-0.3, -0.25) is 0 Å². The number of hydrogen-bond acceptors (Lipinski definition) is 3. The van der Waals surface area contributed by atoms with Crippen molar-refractivity contribution in [3.63, 3.8) is 0 Å². The maximum Gasteiger partial charge on any atom is 0.124 e. The van der Waals surface area contributed by atoms with Gasteiger partial charge in [0.1, 0.15) is 11.6 Å². The molecule has 2 nitrogen and oxygen atoms in total. The molecular weight excluding hydrogens is 273 g/mol. The first-order valence-electron chi connectivity index (χ1n) is 6.42. The summed E-state index contributed by atoms with van der Waals surface area (Å²) in [5.74, 6) is 0.567. The first-order valence-corrected chi connectivity index (χ1v) is 7.30. The van der Waals surface area contributed by atoms with Crippen molar-refractivity contribution in [1.82, 2.24) is 0 Å². The van der Waals surface area contributed by atoms with E-state index in [1.807, 2.05) is 37.3 Å². The number of hydrogen-bond donors (Lipinski definition) is 1. The Balaban J connectivity index is 2.27. The summed E-state index contributed by atoms with van der Waals surface area (Å²) in [6.07, 6.45) is 0. The number of benzene rings is 2. The molecule has 0 fully saturated rings. The zero-order chi connectivity index (χ0) is 14.5. The molecule has 0 aliphatic rings. The van der Waals surface area contributed by atoms with Crippen molar-refractivity contribution in [3.8, 4) is 5.75 Å². The molecule has 106 valence electrons. The van der Waals surface area contributed by atoms with E-state index in [-0.39, 0.29) is 17.1 Å². The van der Waals surface area contributed by atoms with Crippen LogP contribution >= 0.6 is 11.8 Å². The Labute approximate surface area is 123 Å². The van der Waals surface area contributed by atoms with Crippen molar-refractivity contribution in [2.75, 3.05) is 7.11 Å². The molecule has 2 atom stereocenters. The first kappa shape index (κ1) is 14.9. The number of methoxy groups -OCH3 is 1. The molecule has 0 amide bonds. The van der Waals surface area contributed by atoms with Crippen LogP contribution in [-0.2, 0) is 0 Å². The van der Waals surface area contributed by atoms with Gasteiger partial charge in [-0.25, -0.2) is 4.39 Å². The lowest BCUT2D eigenvalue weighted by atomic mass is 10.1. The molecule has 2 aromatic rings. The van der Waals surface area contributed by atoms with Crippen LogP contribution in [0.3, 0.4) is 0 Å². The fraction of sp³-hybridized carbons (Fsp3) is 0.250. The van der Waals surface area contributed by atoms with E-state index in [1.165, 1.54) is 12.1 Å². The number of rotatable bonds is 5.